The highest BCUT2D eigenvalue weighted by Gasteiger charge is 2.12. The summed E-state index contributed by atoms with van der Waals surface area (Å²) in [5.74, 6) is -1.15. The van der Waals surface area contributed by atoms with Crippen LogP contribution in [0.2, 0.25) is 0 Å². The number of anilines is 1. The van der Waals surface area contributed by atoms with E-state index in [1.807, 2.05) is 6.92 Å². The van der Waals surface area contributed by atoms with Crippen LogP contribution in [0.3, 0.4) is 0 Å². The van der Waals surface area contributed by atoms with Crippen molar-refractivity contribution in [1.29, 1.82) is 0 Å². The van der Waals surface area contributed by atoms with E-state index in [0.717, 1.165) is 17.8 Å². The molecule has 0 atom stereocenters. The van der Waals surface area contributed by atoms with E-state index in [1.54, 1.807) is 11.4 Å². The number of thiophene rings is 1. The summed E-state index contributed by atoms with van der Waals surface area (Å²) in [7, 11) is 0. The topological polar surface area (TPSA) is 66.4 Å². The molecule has 0 unspecified atom stereocenters. The SMILES string of the molecule is CCCC(=O)Nc1ccsc1C(=O)O. The van der Waals surface area contributed by atoms with E-state index in [4.69, 9.17) is 5.11 Å². The molecule has 0 fully saturated rings. The smallest absolute Gasteiger partial charge is 0.348 e. The number of carboxylic acid groups (broad SMARTS) is 1. The molecule has 5 heteroatoms. The molecule has 0 radical (unpaired) electrons. The highest BCUT2D eigenvalue weighted by molar-refractivity contribution is 7.12. The van der Waals surface area contributed by atoms with Crippen molar-refractivity contribution in [2.45, 2.75) is 19.8 Å². The van der Waals surface area contributed by atoms with Crippen molar-refractivity contribution in [3.8, 4) is 0 Å². The van der Waals surface area contributed by atoms with Gasteiger partial charge in [0.2, 0.25) is 5.91 Å². The predicted octanol–water partition coefficient (Wildman–Crippen LogP) is 2.18. The first-order valence-corrected chi connectivity index (χ1v) is 5.13. The summed E-state index contributed by atoms with van der Waals surface area (Å²) < 4.78 is 0. The van der Waals surface area contributed by atoms with E-state index in [-0.39, 0.29) is 10.8 Å². The van der Waals surface area contributed by atoms with Crippen LogP contribution >= 0.6 is 11.3 Å². The maximum atomic E-state index is 11.2. The molecule has 1 rings (SSSR count). The zero-order valence-corrected chi connectivity index (χ0v) is 8.56. The number of carbonyl (C=O) groups is 2. The number of nitrogens with one attached hydrogen (secondary N) is 1. The number of hydrogen-bond donors (Lipinski definition) is 2. The average molecular weight is 213 g/mol. The van der Waals surface area contributed by atoms with E-state index in [2.05, 4.69) is 5.32 Å². The maximum Gasteiger partial charge on any atom is 0.348 e. The van der Waals surface area contributed by atoms with Crippen molar-refractivity contribution < 1.29 is 14.7 Å². The van der Waals surface area contributed by atoms with Gasteiger partial charge in [-0.2, -0.15) is 0 Å². The molecular weight excluding hydrogens is 202 g/mol. The monoisotopic (exact) mass is 213 g/mol. The fourth-order valence-corrected chi connectivity index (χ4v) is 1.70. The zero-order chi connectivity index (χ0) is 10.6. The van der Waals surface area contributed by atoms with E-state index < -0.39 is 5.97 Å². The third kappa shape index (κ3) is 2.56. The summed E-state index contributed by atoms with van der Waals surface area (Å²) in [4.78, 5) is 22.0. The van der Waals surface area contributed by atoms with E-state index in [0.29, 0.717) is 12.1 Å². The number of amides is 1. The molecule has 4 nitrogen and oxygen atoms in total. The quantitative estimate of drug-likeness (QED) is 0.805. The lowest BCUT2D eigenvalue weighted by Gasteiger charge is -2.02. The standard InChI is InChI=1S/C9H11NO3S/c1-2-3-7(11)10-6-4-5-14-8(6)9(12)13/h4-5H,2-3H2,1H3,(H,10,11)(H,12,13). The van der Waals surface area contributed by atoms with Crippen LogP contribution in [0.15, 0.2) is 11.4 Å². The largest absolute Gasteiger partial charge is 0.477 e. The highest BCUT2D eigenvalue weighted by Crippen LogP contribution is 2.22. The third-order valence-electron chi connectivity index (χ3n) is 1.61. The Hall–Kier alpha value is -1.36. The molecule has 0 saturated carbocycles. The van der Waals surface area contributed by atoms with Crippen molar-refractivity contribution in [2.75, 3.05) is 5.32 Å². The van der Waals surface area contributed by atoms with Crippen LogP contribution < -0.4 is 5.32 Å². The summed E-state index contributed by atoms with van der Waals surface area (Å²) in [6.07, 6.45) is 1.16. The van der Waals surface area contributed by atoms with Gasteiger partial charge in [0.15, 0.2) is 0 Å². The molecule has 0 spiro atoms. The first-order valence-electron chi connectivity index (χ1n) is 4.25. The first-order chi connectivity index (χ1) is 6.65. The molecule has 1 aromatic heterocycles. The molecule has 76 valence electrons. The van der Waals surface area contributed by atoms with Crippen LogP contribution in [0.4, 0.5) is 5.69 Å². The van der Waals surface area contributed by atoms with Crippen LogP contribution in [0.1, 0.15) is 29.4 Å². The molecule has 14 heavy (non-hydrogen) atoms. The molecule has 0 aliphatic carbocycles. The Labute approximate surface area is 85.6 Å². The number of rotatable bonds is 4. The second-order valence-corrected chi connectivity index (χ2v) is 3.68. The lowest BCUT2D eigenvalue weighted by atomic mass is 10.3. The Morgan fingerprint density at radius 3 is 2.86 bits per heavy atom. The molecule has 1 aromatic rings. The summed E-state index contributed by atoms with van der Waals surface area (Å²) in [6.45, 7) is 1.89. The molecular formula is C9H11NO3S. The van der Waals surface area contributed by atoms with Crippen LogP contribution in [-0.4, -0.2) is 17.0 Å². The normalized spacial score (nSPS) is 9.79. The molecule has 1 heterocycles. The van der Waals surface area contributed by atoms with Crippen LogP contribution in [0.5, 0.6) is 0 Å². The van der Waals surface area contributed by atoms with Gasteiger partial charge < -0.3 is 10.4 Å². The van der Waals surface area contributed by atoms with Crippen molar-refractivity contribution >= 4 is 28.9 Å². The molecule has 0 saturated heterocycles. The molecule has 2 N–H and O–H groups in total. The zero-order valence-electron chi connectivity index (χ0n) is 7.74. The molecule has 0 bridgehead atoms. The van der Waals surface area contributed by atoms with Gasteiger partial charge in [-0.15, -0.1) is 11.3 Å². The Kier molecular flexibility index (Phi) is 3.64. The van der Waals surface area contributed by atoms with Gasteiger partial charge in [0.1, 0.15) is 4.88 Å². The third-order valence-corrected chi connectivity index (χ3v) is 2.51. The van der Waals surface area contributed by atoms with E-state index >= 15 is 0 Å². The van der Waals surface area contributed by atoms with Crippen molar-refractivity contribution in [3.63, 3.8) is 0 Å². The van der Waals surface area contributed by atoms with Gasteiger partial charge in [-0.25, -0.2) is 4.79 Å². The lowest BCUT2D eigenvalue weighted by Crippen LogP contribution is -2.12. The number of aromatic carboxylic acids is 1. The Balaban J connectivity index is 2.71. The lowest BCUT2D eigenvalue weighted by molar-refractivity contribution is -0.116. The van der Waals surface area contributed by atoms with Crippen LogP contribution in [-0.2, 0) is 4.79 Å². The predicted molar refractivity (Wildman–Crippen MR) is 54.8 cm³/mol. The summed E-state index contributed by atoms with van der Waals surface area (Å²) in [5.41, 5.74) is 0.390. The fraction of sp³-hybridized carbons (Fsp3) is 0.333. The van der Waals surface area contributed by atoms with Gasteiger partial charge in [-0.3, -0.25) is 4.79 Å². The molecule has 0 aromatic carbocycles. The van der Waals surface area contributed by atoms with E-state index in [9.17, 15) is 9.59 Å². The van der Waals surface area contributed by atoms with Crippen LogP contribution in [0.25, 0.3) is 0 Å². The Morgan fingerprint density at radius 2 is 2.29 bits per heavy atom. The van der Waals surface area contributed by atoms with Gasteiger partial charge in [-0.1, -0.05) is 6.92 Å². The maximum absolute atomic E-state index is 11.2. The minimum absolute atomic E-state index is 0.145. The molecule has 1 amide bonds. The summed E-state index contributed by atoms with van der Waals surface area (Å²) >= 11 is 1.10. The van der Waals surface area contributed by atoms with Gasteiger partial charge in [0.05, 0.1) is 5.69 Å². The second-order valence-electron chi connectivity index (χ2n) is 2.77. The van der Waals surface area contributed by atoms with Crippen molar-refractivity contribution in [3.05, 3.63) is 16.3 Å². The van der Waals surface area contributed by atoms with Crippen LogP contribution in [0, 0.1) is 0 Å². The number of hydrogen-bond acceptors (Lipinski definition) is 3. The van der Waals surface area contributed by atoms with E-state index in [1.165, 1.54) is 0 Å². The van der Waals surface area contributed by atoms with Gasteiger partial charge in [0.25, 0.3) is 0 Å². The van der Waals surface area contributed by atoms with Crippen molar-refractivity contribution in [1.82, 2.24) is 0 Å². The fourth-order valence-electron chi connectivity index (χ4n) is 1.01. The Morgan fingerprint density at radius 1 is 1.57 bits per heavy atom. The summed E-state index contributed by atoms with van der Waals surface area (Å²) in [5, 5.41) is 13.0. The minimum atomic E-state index is -1.01. The minimum Gasteiger partial charge on any atom is -0.477 e. The molecule has 0 aliphatic heterocycles. The second kappa shape index (κ2) is 4.76. The van der Waals surface area contributed by atoms with Gasteiger partial charge in [-0.05, 0) is 17.9 Å². The Bertz CT molecular complexity index is 346. The van der Waals surface area contributed by atoms with Crippen molar-refractivity contribution in [2.24, 2.45) is 0 Å². The average Bonchev–Trinajstić information content (AvgIpc) is 2.52. The molecule has 0 aliphatic rings. The summed E-state index contributed by atoms with van der Waals surface area (Å²) in [6, 6.07) is 1.60. The number of carboxylic acids is 1. The first kappa shape index (κ1) is 10.7. The van der Waals surface area contributed by atoms with Gasteiger partial charge in [0, 0.05) is 6.42 Å². The number of carbonyl (C=O) groups excluding carboxylic acids is 1. The highest BCUT2D eigenvalue weighted by atomic mass is 32.1. The van der Waals surface area contributed by atoms with Gasteiger partial charge >= 0.3 is 5.97 Å².